The van der Waals surface area contributed by atoms with E-state index in [2.05, 4.69) is 5.11 Å². The molecule has 0 unspecified atom stereocenters. The van der Waals surface area contributed by atoms with E-state index in [1.165, 1.54) is 6.08 Å². The molecule has 1 aliphatic rings. The normalized spacial score (nSPS) is 20.4. The molecular weight excluding hydrogens is 170 g/mol. The summed E-state index contributed by atoms with van der Waals surface area (Å²) in [4.78, 5) is 12.6. The molecule has 13 heavy (non-hydrogen) atoms. The van der Waals surface area contributed by atoms with Crippen LogP contribution in [-0.2, 0) is 4.79 Å². The van der Waals surface area contributed by atoms with Gasteiger partial charge in [0.1, 0.15) is 0 Å². The molecule has 2 N–H and O–H groups in total. The molecule has 1 fully saturated rings. The monoisotopic (exact) mass is 186 g/mol. The second-order valence-corrected chi connectivity index (χ2v) is 3.30. The first-order valence-corrected chi connectivity index (χ1v) is 4.46. The van der Waals surface area contributed by atoms with Crippen LogP contribution in [0.25, 0.3) is 1.43 Å². The predicted octanol–water partition coefficient (Wildman–Crippen LogP) is 0.289. The van der Waals surface area contributed by atoms with Gasteiger partial charge in [0.25, 0.3) is 1.43 Å². The Morgan fingerprint density at radius 3 is 2.85 bits per heavy atom. The highest BCUT2D eigenvalue weighted by Crippen LogP contribution is 2.16. The van der Waals surface area contributed by atoms with Gasteiger partial charge in [0, 0.05) is 32.0 Å². The SMILES string of the molecule is [2H]OC(=O)/C=C/N1CCC(CO)CC1. The van der Waals surface area contributed by atoms with Crippen molar-refractivity contribution in [1.82, 2.24) is 4.90 Å². The molecule has 1 aliphatic heterocycles. The minimum atomic E-state index is -0.658. The Hall–Kier alpha value is -1.03. The number of nitrogens with zero attached hydrogens (tertiary/aromatic N) is 1. The highest BCUT2D eigenvalue weighted by molar-refractivity contribution is 5.79. The van der Waals surface area contributed by atoms with Crippen molar-refractivity contribution < 1.29 is 15.0 Å². The van der Waals surface area contributed by atoms with E-state index >= 15 is 0 Å². The molecule has 0 radical (unpaired) electrons. The van der Waals surface area contributed by atoms with Gasteiger partial charge in [-0.3, -0.25) is 0 Å². The number of piperidine rings is 1. The zero-order valence-corrected chi connectivity index (χ0v) is 7.48. The van der Waals surface area contributed by atoms with E-state index in [0.29, 0.717) is 5.92 Å². The largest absolute Gasteiger partial charge is 0.478 e. The molecule has 0 saturated carbocycles. The molecule has 0 amide bonds. The number of aliphatic carboxylic acids is 1. The van der Waals surface area contributed by atoms with Crippen LogP contribution >= 0.6 is 0 Å². The number of aliphatic hydroxyl groups is 1. The van der Waals surface area contributed by atoms with Crippen molar-refractivity contribution >= 4 is 5.97 Å². The molecule has 0 aromatic carbocycles. The predicted molar refractivity (Wildman–Crippen MR) is 48.2 cm³/mol. The van der Waals surface area contributed by atoms with E-state index in [9.17, 15) is 4.79 Å². The maximum atomic E-state index is 10.6. The van der Waals surface area contributed by atoms with E-state index < -0.39 is 5.97 Å². The Morgan fingerprint density at radius 2 is 2.31 bits per heavy atom. The van der Waals surface area contributed by atoms with Gasteiger partial charge in [-0.2, -0.15) is 0 Å². The van der Waals surface area contributed by atoms with Crippen molar-refractivity contribution in [3.63, 3.8) is 0 Å². The molecule has 0 spiro atoms. The molecule has 1 saturated heterocycles. The molecule has 0 atom stereocenters. The third-order valence-electron chi connectivity index (χ3n) is 2.33. The summed E-state index contributed by atoms with van der Waals surface area (Å²) in [6, 6.07) is 0. The average Bonchev–Trinajstić information content (AvgIpc) is 2.26. The second kappa shape index (κ2) is 4.87. The number of carboxylic acid groups (broad SMARTS) is 1. The van der Waals surface area contributed by atoms with E-state index in [-0.39, 0.29) is 6.61 Å². The third kappa shape index (κ3) is 3.46. The maximum absolute atomic E-state index is 10.6. The van der Waals surface area contributed by atoms with Crippen molar-refractivity contribution in [3.8, 4) is 0 Å². The first-order chi connectivity index (χ1) is 6.76. The molecule has 4 nitrogen and oxygen atoms in total. The van der Waals surface area contributed by atoms with Gasteiger partial charge in [0.2, 0.25) is 0 Å². The van der Waals surface area contributed by atoms with Gasteiger partial charge >= 0.3 is 5.97 Å². The van der Waals surface area contributed by atoms with Crippen LogP contribution < -0.4 is 0 Å². The smallest absolute Gasteiger partial charge is 0.329 e. The van der Waals surface area contributed by atoms with Gasteiger partial charge in [-0.15, -0.1) is 0 Å². The lowest BCUT2D eigenvalue weighted by Gasteiger charge is -2.29. The summed E-state index contributed by atoms with van der Waals surface area (Å²) in [7, 11) is 0. The Morgan fingerprint density at radius 1 is 1.62 bits per heavy atom. The third-order valence-corrected chi connectivity index (χ3v) is 2.33. The van der Waals surface area contributed by atoms with Crippen LogP contribution in [0.3, 0.4) is 0 Å². The number of rotatable bonds is 3. The lowest BCUT2D eigenvalue weighted by Crippen LogP contribution is -2.31. The minimum Gasteiger partial charge on any atom is -0.478 e. The van der Waals surface area contributed by atoms with Gasteiger partial charge in [0.15, 0.2) is 0 Å². The fraction of sp³-hybridized carbons (Fsp3) is 0.667. The molecule has 0 aromatic heterocycles. The Bertz CT molecular complexity index is 212. The Balaban J connectivity index is 2.28. The molecule has 1 rings (SSSR count). The zero-order valence-electron chi connectivity index (χ0n) is 8.48. The number of carboxylic acids is 1. The van der Waals surface area contributed by atoms with Gasteiger partial charge in [-0.1, -0.05) is 0 Å². The second-order valence-electron chi connectivity index (χ2n) is 3.30. The number of carbonyl (C=O) groups is 1. The molecule has 0 bridgehead atoms. The number of aliphatic hydroxyl groups excluding tert-OH is 1. The van der Waals surface area contributed by atoms with Crippen molar-refractivity contribution in [2.45, 2.75) is 12.8 Å². The molecule has 0 aromatic rings. The summed E-state index contributed by atoms with van der Waals surface area (Å²) in [6.45, 7) is 1.92. The van der Waals surface area contributed by atoms with Gasteiger partial charge in [0.05, 0.1) is 0 Å². The topological polar surface area (TPSA) is 60.8 Å². The fourth-order valence-corrected chi connectivity index (χ4v) is 1.45. The van der Waals surface area contributed by atoms with Gasteiger partial charge in [-0.05, 0) is 18.8 Å². The first kappa shape index (κ1) is 8.56. The van der Waals surface area contributed by atoms with Crippen LogP contribution in [0.4, 0.5) is 0 Å². The lowest BCUT2D eigenvalue weighted by molar-refractivity contribution is -0.131. The molecule has 4 heteroatoms. The number of likely N-dealkylation sites (tertiary alicyclic amines) is 1. The van der Waals surface area contributed by atoms with Crippen LogP contribution in [0, 0.1) is 5.92 Å². The van der Waals surface area contributed by atoms with Crippen LogP contribution in [-0.4, -0.2) is 40.8 Å². The van der Waals surface area contributed by atoms with Crippen LogP contribution in [0.1, 0.15) is 12.8 Å². The van der Waals surface area contributed by atoms with Crippen LogP contribution in [0.2, 0.25) is 0 Å². The first-order valence-electron chi connectivity index (χ1n) is 4.87. The van der Waals surface area contributed by atoms with Crippen LogP contribution in [0.5, 0.6) is 0 Å². The van der Waals surface area contributed by atoms with E-state index in [1.807, 2.05) is 4.90 Å². The highest BCUT2D eigenvalue weighted by Gasteiger charge is 2.15. The standard InChI is InChI=1S/C9H15NO3/c11-7-8-1-4-10(5-2-8)6-3-9(12)13/h3,6,8,11H,1-2,4-5,7H2,(H,12,13)/b6-3+/i/hD. The maximum Gasteiger partial charge on any atom is 0.329 e. The Labute approximate surface area is 79.0 Å². The van der Waals surface area contributed by atoms with Gasteiger partial charge in [-0.25, -0.2) is 4.79 Å². The van der Waals surface area contributed by atoms with Crippen molar-refractivity contribution in [3.05, 3.63) is 12.3 Å². The average molecular weight is 186 g/mol. The molecule has 74 valence electrons. The summed E-state index contributed by atoms with van der Waals surface area (Å²) >= 11 is 0. The summed E-state index contributed by atoms with van der Waals surface area (Å²) in [6.07, 6.45) is 4.77. The van der Waals surface area contributed by atoms with Crippen molar-refractivity contribution in [1.29, 1.82) is 1.43 Å². The summed E-state index contributed by atoms with van der Waals surface area (Å²) in [5.74, 6) is -0.267. The molecular formula is C9H15NO3. The summed E-state index contributed by atoms with van der Waals surface area (Å²) in [5.41, 5.74) is 0. The zero-order chi connectivity index (χ0) is 10.4. The molecule has 0 aliphatic carbocycles. The number of hydrogen-bond donors (Lipinski definition) is 2. The lowest BCUT2D eigenvalue weighted by atomic mass is 9.98. The van der Waals surface area contributed by atoms with Crippen molar-refractivity contribution in [2.24, 2.45) is 5.92 Å². The minimum absolute atomic E-state index is 0.242. The van der Waals surface area contributed by atoms with Crippen molar-refractivity contribution in [2.75, 3.05) is 19.7 Å². The molecule has 1 heterocycles. The number of hydrogen-bond acceptors (Lipinski definition) is 4. The van der Waals surface area contributed by atoms with Crippen LogP contribution in [0.15, 0.2) is 12.3 Å². The quantitative estimate of drug-likeness (QED) is 0.622. The highest BCUT2D eigenvalue weighted by atomic mass is 16.4. The van der Waals surface area contributed by atoms with E-state index in [4.69, 9.17) is 6.54 Å². The summed E-state index contributed by atoms with van der Waals surface area (Å²) < 4.78 is 6.34. The van der Waals surface area contributed by atoms with E-state index in [0.717, 1.165) is 25.9 Å². The summed E-state index contributed by atoms with van der Waals surface area (Å²) in [5, 5.41) is 12.6. The van der Waals surface area contributed by atoms with Gasteiger partial charge < -0.3 is 15.1 Å². The fourth-order valence-electron chi connectivity index (χ4n) is 1.45. The Kier molecular flexibility index (Phi) is 3.21. The van der Waals surface area contributed by atoms with E-state index in [1.54, 1.807) is 6.20 Å².